The van der Waals surface area contributed by atoms with Gasteiger partial charge in [-0.05, 0) is 69.0 Å². The number of aryl methyl sites for hydroxylation is 1. The van der Waals surface area contributed by atoms with Crippen molar-refractivity contribution in [2.45, 2.75) is 71.5 Å². The van der Waals surface area contributed by atoms with E-state index in [-0.39, 0.29) is 35.8 Å². The average molecular weight is 491 g/mol. The molecular weight excluding hydrogens is 459 g/mol. The fraction of sp³-hybridized carbons (Fsp3) is 0.393. The Kier molecular flexibility index (Phi) is 5.85. The van der Waals surface area contributed by atoms with E-state index < -0.39 is 17.3 Å². The van der Waals surface area contributed by atoms with Crippen LogP contribution in [0.4, 0.5) is 15.8 Å². The van der Waals surface area contributed by atoms with Crippen LogP contribution in [0.5, 0.6) is 0 Å². The minimum Gasteiger partial charge on any atom is -0.351 e. The number of fused-ring (bicyclic) bond motifs is 3. The first-order valence-corrected chi connectivity index (χ1v) is 12.4. The van der Waals surface area contributed by atoms with Crippen LogP contribution in [0.2, 0.25) is 0 Å². The first-order valence-electron chi connectivity index (χ1n) is 12.4. The van der Waals surface area contributed by atoms with Crippen LogP contribution in [0, 0.1) is 19.7 Å². The molecule has 0 bridgehead atoms. The highest BCUT2D eigenvalue weighted by atomic mass is 19.1. The lowest BCUT2D eigenvalue weighted by Gasteiger charge is -2.45. The van der Waals surface area contributed by atoms with Crippen molar-refractivity contribution in [3.63, 3.8) is 0 Å². The van der Waals surface area contributed by atoms with Crippen molar-refractivity contribution in [3.8, 4) is 0 Å². The van der Waals surface area contributed by atoms with Gasteiger partial charge in [0.2, 0.25) is 11.8 Å². The van der Waals surface area contributed by atoms with Crippen LogP contribution in [0.25, 0.3) is 10.9 Å². The van der Waals surface area contributed by atoms with Crippen molar-refractivity contribution in [1.29, 1.82) is 0 Å². The van der Waals surface area contributed by atoms with Gasteiger partial charge >= 0.3 is 0 Å². The molecule has 2 N–H and O–H groups in total. The van der Waals surface area contributed by atoms with Gasteiger partial charge in [-0.3, -0.25) is 19.3 Å². The van der Waals surface area contributed by atoms with E-state index in [0.717, 1.165) is 36.8 Å². The third kappa shape index (κ3) is 3.75. The van der Waals surface area contributed by atoms with Gasteiger partial charge in [0.1, 0.15) is 17.1 Å². The van der Waals surface area contributed by atoms with E-state index >= 15 is 0 Å². The van der Waals surface area contributed by atoms with Crippen molar-refractivity contribution in [2.24, 2.45) is 0 Å². The van der Waals surface area contributed by atoms with Crippen molar-refractivity contribution in [3.05, 3.63) is 59.0 Å². The maximum atomic E-state index is 14.4. The number of benzene rings is 2. The van der Waals surface area contributed by atoms with Gasteiger partial charge in [-0.1, -0.05) is 25.0 Å². The number of rotatable bonds is 4. The number of hydrogen-bond acceptors (Lipinski definition) is 3. The van der Waals surface area contributed by atoms with Crippen LogP contribution < -0.4 is 15.5 Å². The zero-order chi connectivity index (χ0) is 25.8. The molecule has 0 spiro atoms. The van der Waals surface area contributed by atoms with Crippen molar-refractivity contribution >= 4 is 40.0 Å². The molecule has 2 aromatic carbocycles. The number of halogens is 1. The second-order valence-electron chi connectivity index (χ2n) is 10.2. The van der Waals surface area contributed by atoms with E-state index in [2.05, 4.69) is 10.6 Å². The standard InChI is InChI=1S/C28H31FN4O3/c1-16-8-7-11-22(17(16)2)33-26(35)25-24(30-18(3)34)21-14-19(29)12-13-23(21)32(25)15-28(33,4)27(36)31-20-9-5-6-10-20/h7-8,11-14,20H,5-6,9-10,15H2,1-4H3,(H,30,34)(H,31,36). The maximum absolute atomic E-state index is 14.4. The molecule has 2 aliphatic rings. The number of aromatic nitrogens is 1. The summed E-state index contributed by atoms with van der Waals surface area (Å²) < 4.78 is 16.0. The van der Waals surface area contributed by atoms with Gasteiger partial charge in [-0.2, -0.15) is 0 Å². The van der Waals surface area contributed by atoms with E-state index in [1.165, 1.54) is 19.1 Å². The molecule has 1 aliphatic heterocycles. The predicted octanol–water partition coefficient (Wildman–Crippen LogP) is 4.83. The maximum Gasteiger partial charge on any atom is 0.278 e. The summed E-state index contributed by atoms with van der Waals surface area (Å²) in [5.74, 6) is -1.48. The summed E-state index contributed by atoms with van der Waals surface area (Å²) in [5, 5.41) is 6.37. The molecule has 1 unspecified atom stereocenters. The van der Waals surface area contributed by atoms with Gasteiger partial charge in [0.25, 0.3) is 5.91 Å². The minimum absolute atomic E-state index is 0.0803. The molecule has 36 heavy (non-hydrogen) atoms. The zero-order valence-corrected chi connectivity index (χ0v) is 21.1. The van der Waals surface area contributed by atoms with Gasteiger partial charge < -0.3 is 15.2 Å². The quantitative estimate of drug-likeness (QED) is 0.549. The third-order valence-corrected chi connectivity index (χ3v) is 7.69. The molecule has 3 aromatic rings. The van der Waals surface area contributed by atoms with Crippen molar-refractivity contribution < 1.29 is 18.8 Å². The molecule has 1 aromatic heterocycles. The van der Waals surface area contributed by atoms with Crippen LogP contribution in [-0.4, -0.2) is 33.9 Å². The Balaban J connectivity index is 1.75. The van der Waals surface area contributed by atoms with Crippen LogP contribution in [0.1, 0.15) is 61.1 Å². The fourth-order valence-corrected chi connectivity index (χ4v) is 5.66. The Bertz CT molecular complexity index is 1410. The lowest BCUT2D eigenvalue weighted by atomic mass is 9.91. The molecule has 0 radical (unpaired) electrons. The molecule has 0 saturated heterocycles. The zero-order valence-electron chi connectivity index (χ0n) is 21.1. The van der Waals surface area contributed by atoms with Crippen LogP contribution in [-0.2, 0) is 16.1 Å². The average Bonchev–Trinajstić information content (AvgIpc) is 3.42. The molecule has 2 heterocycles. The molecule has 3 amide bonds. The molecule has 1 saturated carbocycles. The van der Waals surface area contributed by atoms with Gasteiger partial charge in [0.15, 0.2) is 0 Å². The lowest BCUT2D eigenvalue weighted by Crippen LogP contribution is -2.65. The number of anilines is 2. The highest BCUT2D eigenvalue weighted by Gasteiger charge is 2.50. The van der Waals surface area contributed by atoms with Crippen LogP contribution in [0.3, 0.4) is 0 Å². The topological polar surface area (TPSA) is 83.4 Å². The highest BCUT2D eigenvalue weighted by Crippen LogP contribution is 2.42. The predicted molar refractivity (Wildman–Crippen MR) is 138 cm³/mol. The number of nitrogens with one attached hydrogen (secondary N) is 2. The first-order chi connectivity index (χ1) is 17.1. The smallest absolute Gasteiger partial charge is 0.278 e. The molecule has 1 fully saturated rings. The van der Waals surface area contributed by atoms with E-state index in [0.29, 0.717) is 16.6 Å². The second kappa shape index (κ2) is 8.76. The first kappa shape index (κ1) is 24.0. The number of carbonyl (C=O) groups excluding carboxylic acids is 3. The summed E-state index contributed by atoms with van der Waals surface area (Å²) in [6, 6.07) is 9.99. The van der Waals surface area contributed by atoms with Crippen LogP contribution >= 0.6 is 0 Å². The number of amides is 3. The van der Waals surface area contributed by atoms with E-state index in [1.807, 2.05) is 32.0 Å². The van der Waals surface area contributed by atoms with Crippen molar-refractivity contribution in [1.82, 2.24) is 9.88 Å². The lowest BCUT2D eigenvalue weighted by molar-refractivity contribution is -0.127. The Labute approximate surface area is 209 Å². The molecule has 5 rings (SSSR count). The Hall–Kier alpha value is -3.68. The second-order valence-corrected chi connectivity index (χ2v) is 10.2. The Morgan fingerprint density at radius 2 is 1.83 bits per heavy atom. The summed E-state index contributed by atoms with van der Waals surface area (Å²) in [6.07, 6.45) is 3.98. The third-order valence-electron chi connectivity index (χ3n) is 7.69. The number of carbonyl (C=O) groups is 3. The highest BCUT2D eigenvalue weighted by molar-refractivity contribution is 6.20. The van der Waals surface area contributed by atoms with E-state index in [1.54, 1.807) is 22.5 Å². The molecule has 188 valence electrons. The van der Waals surface area contributed by atoms with Gasteiger partial charge in [0.05, 0.1) is 17.7 Å². The fourth-order valence-electron chi connectivity index (χ4n) is 5.66. The Morgan fingerprint density at radius 3 is 2.53 bits per heavy atom. The summed E-state index contributed by atoms with van der Waals surface area (Å²) in [5.41, 5.74) is 2.36. The minimum atomic E-state index is -1.25. The number of nitrogens with zero attached hydrogens (tertiary/aromatic N) is 2. The largest absolute Gasteiger partial charge is 0.351 e. The number of hydrogen-bond donors (Lipinski definition) is 2. The monoisotopic (exact) mass is 490 g/mol. The van der Waals surface area contributed by atoms with Gasteiger partial charge in [-0.25, -0.2) is 4.39 Å². The SMILES string of the molecule is CC(=O)Nc1c2n(c3ccc(F)cc13)CC(C)(C(=O)NC1CCCC1)N(c1cccc(C)c1C)C2=O. The molecule has 1 aliphatic carbocycles. The normalized spacial score (nSPS) is 20.0. The Morgan fingerprint density at radius 1 is 1.11 bits per heavy atom. The summed E-state index contributed by atoms with van der Waals surface area (Å²) in [4.78, 5) is 42.0. The van der Waals surface area contributed by atoms with E-state index in [9.17, 15) is 18.8 Å². The molecular formula is C28H31FN4O3. The van der Waals surface area contributed by atoms with Gasteiger partial charge in [-0.15, -0.1) is 0 Å². The van der Waals surface area contributed by atoms with E-state index in [4.69, 9.17) is 0 Å². The molecule has 1 atom stereocenters. The summed E-state index contributed by atoms with van der Waals surface area (Å²) in [7, 11) is 0. The van der Waals surface area contributed by atoms with Gasteiger partial charge in [0, 0.05) is 24.0 Å². The molecule has 7 nitrogen and oxygen atoms in total. The molecule has 8 heteroatoms. The van der Waals surface area contributed by atoms with Crippen molar-refractivity contribution in [2.75, 3.05) is 10.2 Å². The van der Waals surface area contributed by atoms with Crippen LogP contribution in [0.15, 0.2) is 36.4 Å². The summed E-state index contributed by atoms with van der Waals surface area (Å²) in [6.45, 7) is 7.19. The summed E-state index contributed by atoms with van der Waals surface area (Å²) >= 11 is 0.